The SMILES string of the molecule is CN(C)c1ncccc1C(=O)N1CCC(c2cc3ccccc3[nH]2)CC1. The number of piperidine rings is 1. The molecular formula is C21H24N4O. The number of H-pyrrole nitrogens is 1. The number of anilines is 1. The number of rotatable bonds is 3. The molecule has 1 amide bonds. The number of likely N-dealkylation sites (tertiary alicyclic amines) is 1. The minimum Gasteiger partial charge on any atom is -0.362 e. The zero-order valence-electron chi connectivity index (χ0n) is 15.3. The fourth-order valence-corrected chi connectivity index (χ4v) is 3.80. The quantitative estimate of drug-likeness (QED) is 0.786. The molecule has 0 aliphatic carbocycles. The molecule has 1 N–H and O–H groups in total. The first-order valence-electron chi connectivity index (χ1n) is 9.13. The van der Waals surface area contributed by atoms with Gasteiger partial charge in [-0.25, -0.2) is 4.98 Å². The van der Waals surface area contributed by atoms with Gasteiger partial charge >= 0.3 is 0 Å². The van der Waals surface area contributed by atoms with Crippen LogP contribution >= 0.6 is 0 Å². The topological polar surface area (TPSA) is 52.2 Å². The number of carbonyl (C=O) groups is 1. The molecular weight excluding hydrogens is 324 g/mol. The zero-order valence-corrected chi connectivity index (χ0v) is 15.3. The molecule has 3 aromatic rings. The average molecular weight is 348 g/mol. The Labute approximate surface area is 153 Å². The molecule has 1 aromatic carbocycles. The Hall–Kier alpha value is -2.82. The number of fused-ring (bicyclic) bond motifs is 1. The predicted octanol–water partition coefficient (Wildman–Crippen LogP) is 3.65. The van der Waals surface area contributed by atoms with E-state index in [4.69, 9.17) is 0 Å². The van der Waals surface area contributed by atoms with Crippen LogP contribution in [-0.2, 0) is 0 Å². The van der Waals surface area contributed by atoms with Gasteiger partial charge in [0.2, 0.25) is 0 Å². The Balaban J connectivity index is 1.47. The standard InChI is InChI=1S/C21H24N4O/c1-24(2)20-17(7-5-11-22-20)21(26)25-12-9-15(10-13-25)19-14-16-6-3-4-8-18(16)23-19/h3-8,11,14-15,23H,9-10,12-13H2,1-2H3. The van der Waals surface area contributed by atoms with Crippen molar-refractivity contribution in [1.82, 2.24) is 14.9 Å². The van der Waals surface area contributed by atoms with E-state index in [2.05, 4.69) is 40.3 Å². The number of nitrogens with one attached hydrogen (secondary N) is 1. The molecule has 0 spiro atoms. The van der Waals surface area contributed by atoms with Gasteiger partial charge in [-0.1, -0.05) is 18.2 Å². The molecule has 5 nitrogen and oxygen atoms in total. The van der Waals surface area contributed by atoms with E-state index in [9.17, 15) is 4.79 Å². The minimum atomic E-state index is 0.0805. The van der Waals surface area contributed by atoms with E-state index in [1.54, 1.807) is 6.20 Å². The third kappa shape index (κ3) is 3.05. The minimum absolute atomic E-state index is 0.0805. The molecule has 0 unspecified atom stereocenters. The van der Waals surface area contributed by atoms with Gasteiger partial charge in [-0.15, -0.1) is 0 Å². The van der Waals surface area contributed by atoms with E-state index in [1.807, 2.05) is 36.0 Å². The molecule has 1 fully saturated rings. The lowest BCUT2D eigenvalue weighted by Crippen LogP contribution is -2.38. The second-order valence-electron chi connectivity index (χ2n) is 7.15. The molecule has 0 saturated carbocycles. The van der Waals surface area contributed by atoms with E-state index in [-0.39, 0.29) is 5.91 Å². The van der Waals surface area contributed by atoms with Gasteiger partial charge in [0.1, 0.15) is 5.82 Å². The number of hydrogen-bond acceptors (Lipinski definition) is 3. The summed E-state index contributed by atoms with van der Waals surface area (Å²) in [6, 6.07) is 14.3. The first-order chi connectivity index (χ1) is 12.6. The summed E-state index contributed by atoms with van der Waals surface area (Å²) in [5.74, 6) is 1.29. The van der Waals surface area contributed by atoms with Crippen molar-refractivity contribution in [1.29, 1.82) is 0 Å². The number of para-hydroxylation sites is 1. The van der Waals surface area contributed by atoms with Crippen molar-refractivity contribution in [3.63, 3.8) is 0 Å². The molecule has 0 bridgehead atoms. The lowest BCUT2D eigenvalue weighted by Gasteiger charge is -2.32. The van der Waals surface area contributed by atoms with Crippen LogP contribution in [0.5, 0.6) is 0 Å². The van der Waals surface area contributed by atoms with Crippen LogP contribution in [0.4, 0.5) is 5.82 Å². The number of benzene rings is 1. The maximum Gasteiger partial charge on any atom is 0.257 e. The van der Waals surface area contributed by atoms with Crippen molar-refractivity contribution in [2.75, 3.05) is 32.1 Å². The highest BCUT2D eigenvalue weighted by Crippen LogP contribution is 2.31. The van der Waals surface area contributed by atoms with Crippen LogP contribution in [0, 0.1) is 0 Å². The summed E-state index contributed by atoms with van der Waals surface area (Å²) >= 11 is 0. The second-order valence-corrected chi connectivity index (χ2v) is 7.15. The normalized spacial score (nSPS) is 15.4. The van der Waals surface area contributed by atoms with Crippen molar-refractivity contribution in [3.05, 3.63) is 59.9 Å². The fraction of sp³-hybridized carbons (Fsp3) is 0.333. The second kappa shape index (κ2) is 6.83. The Kier molecular flexibility index (Phi) is 4.37. The Morgan fingerprint density at radius 3 is 2.65 bits per heavy atom. The van der Waals surface area contributed by atoms with Gasteiger partial charge in [-0.3, -0.25) is 4.79 Å². The lowest BCUT2D eigenvalue weighted by atomic mass is 9.93. The largest absolute Gasteiger partial charge is 0.362 e. The molecule has 0 atom stereocenters. The van der Waals surface area contributed by atoms with E-state index >= 15 is 0 Å². The number of pyridine rings is 1. The summed E-state index contributed by atoms with van der Waals surface area (Å²) in [5.41, 5.74) is 3.15. The highest BCUT2D eigenvalue weighted by atomic mass is 16.2. The number of nitrogens with zero attached hydrogens (tertiary/aromatic N) is 3. The van der Waals surface area contributed by atoms with Crippen molar-refractivity contribution in [2.24, 2.45) is 0 Å². The molecule has 0 radical (unpaired) electrons. The van der Waals surface area contributed by atoms with Crippen LogP contribution in [-0.4, -0.2) is 48.0 Å². The summed E-state index contributed by atoms with van der Waals surface area (Å²) in [7, 11) is 3.84. The first kappa shape index (κ1) is 16.6. The molecule has 2 aromatic heterocycles. The van der Waals surface area contributed by atoms with Crippen LogP contribution in [0.2, 0.25) is 0 Å². The molecule has 1 aliphatic rings. The van der Waals surface area contributed by atoms with Crippen molar-refractivity contribution < 1.29 is 4.79 Å². The van der Waals surface area contributed by atoms with Gasteiger partial charge in [0.15, 0.2) is 0 Å². The summed E-state index contributed by atoms with van der Waals surface area (Å²) < 4.78 is 0. The number of aromatic nitrogens is 2. The fourth-order valence-electron chi connectivity index (χ4n) is 3.80. The maximum absolute atomic E-state index is 13.0. The van der Waals surface area contributed by atoms with Gasteiger partial charge < -0.3 is 14.8 Å². The molecule has 5 heteroatoms. The molecule has 1 aliphatic heterocycles. The molecule has 26 heavy (non-hydrogen) atoms. The third-order valence-electron chi connectivity index (χ3n) is 5.21. The maximum atomic E-state index is 13.0. The van der Waals surface area contributed by atoms with Crippen molar-refractivity contribution in [3.8, 4) is 0 Å². The Morgan fingerprint density at radius 2 is 1.92 bits per heavy atom. The first-order valence-corrected chi connectivity index (χ1v) is 9.13. The lowest BCUT2D eigenvalue weighted by molar-refractivity contribution is 0.0712. The van der Waals surface area contributed by atoms with Crippen LogP contribution < -0.4 is 4.90 Å². The number of carbonyl (C=O) groups excluding carboxylic acids is 1. The summed E-state index contributed by atoms with van der Waals surface area (Å²) in [5, 5.41) is 1.26. The zero-order chi connectivity index (χ0) is 18.1. The molecule has 4 rings (SSSR count). The van der Waals surface area contributed by atoms with Gasteiger partial charge in [-0.2, -0.15) is 0 Å². The van der Waals surface area contributed by atoms with Gasteiger partial charge in [0.05, 0.1) is 5.56 Å². The van der Waals surface area contributed by atoms with E-state index < -0.39 is 0 Å². The summed E-state index contributed by atoms with van der Waals surface area (Å²) in [4.78, 5) is 24.7. The predicted molar refractivity (Wildman–Crippen MR) is 105 cm³/mol. The van der Waals surface area contributed by atoms with Crippen LogP contribution in [0.15, 0.2) is 48.7 Å². The number of amides is 1. The van der Waals surface area contributed by atoms with Crippen LogP contribution in [0.1, 0.15) is 34.8 Å². The smallest absolute Gasteiger partial charge is 0.257 e. The number of aromatic amines is 1. The Bertz CT molecular complexity index is 889. The summed E-state index contributed by atoms with van der Waals surface area (Å²) in [6.07, 6.45) is 3.69. The van der Waals surface area contributed by atoms with E-state index in [0.29, 0.717) is 11.5 Å². The molecule has 3 heterocycles. The molecule has 1 saturated heterocycles. The van der Waals surface area contributed by atoms with Gasteiger partial charge in [0.25, 0.3) is 5.91 Å². The average Bonchev–Trinajstić information content (AvgIpc) is 3.12. The van der Waals surface area contributed by atoms with E-state index in [0.717, 1.165) is 31.7 Å². The van der Waals surface area contributed by atoms with Crippen molar-refractivity contribution in [2.45, 2.75) is 18.8 Å². The summed E-state index contributed by atoms with van der Waals surface area (Å²) in [6.45, 7) is 1.56. The van der Waals surface area contributed by atoms with Crippen LogP contribution in [0.25, 0.3) is 10.9 Å². The van der Waals surface area contributed by atoms with Crippen LogP contribution in [0.3, 0.4) is 0 Å². The number of hydrogen-bond donors (Lipinski definition) is 1. The molecule has 134 valence electrons. The third-order valence-corrected chi connectivity index (χ3v) is 5.21. The van der Waals surface area contributed by atoms with E-state index in [1.165, 1.54) is 16.6 Å². The highest BCUT2D eigenvalue weighted by molar-refractivity contribution is 5.98. The monoisotopic (exact) mass is 348 g/mol. The van der Waals surface area contributed by atoms with Crippen molar-refractivity contribution >= 4 is 22.6 Å². The van der Waals surface area contributed by atoms with Gasteiger partial charge in [-0.05, 0) is 42.5 Å². The Morgan fingerprint density at radius 1 is 1.15 bits per heavy atom. The highest BCUT2D eigenvalue weighted by Gasteiger charge is 2.27. The van der Waals surface area contributed by atoms with Gasteiger partial charge in [0, 0.05) is 50.5 Å².